The second-order valence-electron chi connectivity index (χ2n) is 11.0. The molecule has 2 aromatic heterocycles. The van der Waals surface area contributed by atoms with Gasteiger partial charge in [0.15, 0.2) is 0 Å². The largest absolute Gasteiger partial charge is 0.313 e. The Hall–Kier alpha value is -3.40. The molecule has 0 atom stereocenters. The van der Waals surface area contributed by atoms with E-state index in [1.165, 1.54) is 15.3 Å². The highest BCUT2D eigenvalue weighted by Gasteiger charge is 2.41. The standard InChI is InChI=1S/C29H28N4O3S2/c1-28(2)15-18-23(26-30-19-7-5-6-8-20(19)37-26)27(38-24(18)29(3,4)32-28)31-25(36)16-9-11-17(12-10-16)33-21(34)13-14-22(33)35/h5-12,32H,13-15H2,1-4H3,(H,31,36). The molecule has 0 radical (unpaired) electrons. The van der Waals surface area contributed by atoms with E-state index in [-0.39, 0.29) is 41.6 Å². The van der Waals surface area contributed by atoms with Crippen LogP contribution >= 0.6 is 22.7 Å². The fraction of sp³-hybridized carbons (Fsp3) is 0.310. The van der Waals surface area contributed by atoms with Gasteiger partial charge in [0.25, 0.3) is 5.91 Å². The number of benzene rings is 2. The van der Waals surface area contributed by atoms with E-state index in [1.54, 1.807) is 46.9 Å². The molecule has 4 aromatic rings. The number of rotatable bonds is 4. The highest BCUT2D eigenvalue weighted by molar-refractivity contribution is 7.23. The maximum absolute atomic E-state index is 13.4. The van der Waals surface area contributed by atoms with E-state index in [0.29, 0.717) is 11.3 Å². The lowest BCUT2D eigenvalue weighted by Gasteiger charge is -2.42. The number of aromatic nitrogens is 1. The molecule has 2 aliphatic rings. The lowest BCUT2D eigenvalue weighted by Crippen LogP contribution is -2.54. The molecule has 4 heterocycles. The Morgan fingerprint density at radius 1 is 0.974 bits per heavy atom. The molecule has 0 bridgehead atoms. The predicted octanol–water partition coefficient (Wildman–Crippen LogP) is 6.09. The first-order chi connectivity index (χ1) is 18.0. The monoisotopic (exact) mass is 544 g/mol. The minimum absolute atomic E-state index is 0.120. The van der Waals surface area contributed by atoms with E-state index in [2.05, 4.69) is 44.4 Å². The molecule has 0 aliphatic carbocycles. The van der Waals surface area contributed by atoms with Crippen molar-refractivity contribution in [2.75, 3.05) is 10.2 Å². The zero-order chi connectivity index (χ0) is 26.8. The van der Waals surface area contributed by atoms with Gasteiger partial charge in [-0.1, -0.05) is 12.1 Å². The number of carbonyl (C=O) groups excluding carboxylic acids is 3. The van der Waals surface area contributed by atoms with Gasteiger partial charge in [0, 0.05) is 39.9 Å². The molecule has 9 heteroatoms. The number of anilines is 2. The van der Waals surface area contributed by atoms with Gasteiger partial charge in [-0.05, 0) is 76.1 Å². The number of nitrogens with zero attached hydrogens (tertiary/aromatic N) is 2. The van der Waals surface area contributed by atoms with Gasteiger partial charge < -0.3 is 10.6 Å². The van der Waals surface area contributed by atoms with Gasteiger partial charge in [0.05, 0.1) is 15.9 Å². The third-order valence-electron chi connectivity index (χ3n) is 7.02. The molecule has 0 saturated carbocycles. The van der Waals surface area contributed by atoms with E-state index >= 15 is 0 Å². The summed E-state index contributed by atoms with van der Waals surface area (Å²) < 4.78 is 1.11. The Morgan fingerprint density at radius 2 is 1.66 bits per heavy atom. The van der Waals surface area contributed by atoms with Crippen molar-refractivity contribution in [2.24, 2.45) is 0 Å². The third-order valence-corrected chi connectivity index (χ3v) is 9.54. The number of amides is 3. The molecule has 194 valence electrons. The van der Waals surface area contributed by atoms with Crippen LogP contribution in [0, 0.1) is 0 Å². The molecule has 6 rings (SSSR count). The second-order valence-corrected chi connectivity index (χ2v) is 13.1. The van der Waals surface area contributed by atoms with E-state index in [9.17, 15) is 14.4 Å². The number of thiazole rings is 1. The summed E-state index contributed by atoms with van der Waals surface area (Å²) in [5.41, 5.74) is 3.71. The number of hydrogen-bond acceptors (Lipinski definition) is 7. The van der Waals surface area contributed by atoms with Crippen LogP contribution in [0.25, 0.3) is 20.8 Å². The number of carbonyl (C=O) groups is 3. The molecule has 2 aromatic carbocycles. The first kappa shape index (κ1) is 24.9. The topological polar surface area (TPSA) is 91.4 Å². The van der Waals surface area contributed by atoms with Gasteiger partial charge in [-0.3, -0.25) is 19.3 Å². The fourth-order valence-corrected chi connectivity index (χ4v) is 8.01. The molecular formula is C29H28N4O3S2. The highest BCUT2D eigenvalue weighted by atomic mass is 32.1. The average Bonchev–Trinajstić information content (AvgIpc) is 3.52. The van der Waals surface area contributed by atoms with Crippen LogP contribution in [0.3, 0.4) is 0 Å². The normalized spacial score (nSPS) is 18.2. The zero-order valence-electron chi connectivity index (χ0n) is 21.7. The molecule has 3 amide bonds. The number of nitrogens with one attached hydrogen (secondary N) is 2. The molecule has 1 saturated heterocycles. The van der Waals surface area contributed by atoms with Crippen LogP contribution in [0.4, 0.5) is 10.7 Å². The molecule has 2 N–H and O–H groups in total. The number of fused-ring (bicyclic) bond motifs is 2. The molecule has 7 nitrogen and oxygen atoms in total. The Morgan fingerprint density at radius 3 is 2.34 bits per heavy atom. The predicted molar refractivity (Wildman–Crippen MR) is 153 cm³/mol. The number of para-hydroxylation sites is 1. The maximum atomic E-state index is 13.4. The van der Waals surface area contributed by atoms with Crippen molar-refractivity contribution in [1.29, 1.82) is 0 Å². The Balaban J connectivity index is 1.39. The van der Waals surface area contributed by atoms with Gasteiger partial charge in [0.1, 0.15) is 10.0 Å². The summed E-state index contributed by atoms with van der Waals surface area (Å²) in [7, 11) is 0. The van der Waals surface area contributed by atoms with E-state index in [4.69, 9.17) is 4.98 Å². The average molecular weight is 545 g/mol. The molecule has 0 spiro atoms. The van der Waals surface area contributed by atoms with E-state index in [0.717, 1.165) is 32.2 Å². The maximum Gasteiger partial charge on any atom is 0.256 e. The van der Waals surface area contributed by atoms with Gasteiger partial charge in [0.2, 0.25) is 11.8 Å². The Kier molecular flexibility index (Phi) is 5.79. The van der Waals surface area contributed by atoms with Gasteiger partial charge >= 0.3 is 0 Å². The van der Waals surface area contributed by atoms with Gasteiger partial charge in [-0.25, -0.2) is 4.98 Å². The number of imide groups is 1. The minimum Gasteiger partial charge on any atom is -0.313 e. The fourth-order valence-electron chi connectivity index (χ4n) is 5.62. The first-order valence-electron chi connectivity index (χ1n) is 12.6. The lowest BCUT2D eigenvalue weighted by molar-refractivity contribution is -0.121. The van der Waals surface area contributed by atoms with Gasteiger partial charge in [-0.15, -0.1) is 22.7 Å². The van der Waals surface area contributed by atoms with Crippen LogP contribution in [0.1, 0.15) is 61.3 Å². The molecule has 1 fully saturated rings. The minimum atomic E-state index is -0.271. The van der Waals surface area contributed by atoms with E-state index in [1.807, 2.05) is 18.2 Å². The van der Waals surface area contributed by atoms with Crippen molar-refractivity contribution in [2.45, 2.75) is 58.0 Å². The Bertz CT molecular complexity index is 1570. The number of thiophene rings is 1. The van der Waals surface area contributed by atoms with Gasteiger partial charge in [-0.2, -0.15) is 0 Å². The Labute approximate surface area is 228 Å². The first-order valence-corrected chi connectivity index (χ1v) is 14.2. The molecule has 2 aliphatic heterocycles. The highest BCUT2D eigenvalue weighted by Crippen LogP contribution is 2.50. The van der Waals surface area contributed by atoms with Crippen molar-refractivity contribution in [3.63, 3.8) is 0 Å². The summed E-state index contributed by atoms with van der Waals surface area (Å²) in [6.45, 7) is 8.76. The van der Waals surface area contributed by atoms with Crippen LogP contribution in [0.2, 0.25) is 0 Å². The second kappa shape index (κ2) is 8.83. The summed E-state index contributed by atoms with van der Waals surface area (Å²) in [4.78, 5) is 45.0. The quantitative estimate of drug-likeness (QED) is 0.304. The number of hydrogen-bond donors (Lipinski definition) is 2. The van der Waals surface area contributed by atoms with Crippen molar-refractivity contribution in [3.8, 4) is 10.6 Å². The zero-order valence-corrected chi connectivity index (χ0v) is 23.3. The summed E-state index contributed by atoms with van der Waals surface area (Å²) in [6.07, 6.45) is 1.26. The summed E-state index contributed by atoms with van der Waals surface area (Å²) in [6, 6.07) is 14.7. The third kappa shape index (κ3) is 4.24. The lowest BCUT2D eigenvalue weighted by atomic mass is 9.81. The molecular weight excluding hydrogens is 516 g/mol. The van der Waals surface area contributed by atoms with Crippen molar-refractivity contribution in [1.82, 2.24) is 10.3 Å². The van der Waals surface area contributed by atoms with E-state index < -0.39 is 0 Å². The summed E-state index contributed by atoms with van der Waals surface area (Å²) in [5.74, 6) is -0.673. The van der Waals surface area contributed by atoms with Crippen LogP contribution in [0.15, 0.2) is 48.5 Å². The smallest absolute Gasteiger partial charge is 0.256 e. The van der Waals surface area contributed by atoms with Crippen molar-refractivity contribution >= 4 is 61.3 Å². The van der Waals surface area contributed by atoms with Crippen LogP contribution < -0.4 is 15.5 Å². The van der Waals surface area contributed by atoms with Crippen molar-refractivity contribution in [3.05, 3.63) is 64.5 Å². The molecule has 38 heavy (non-hydrogen) atoms. The van der Waals surface area contributed by atoms with Crippen molar-refractivity contribution < 1.29 is 14.4 Å². The SMILES string of the molecule is CC1(C)Cc2c(sc(NC(=O)c3ccc(N4C(=O)CCC4=O)cc3)c2-c2nc3ccccc3s2)C(C)(C)N1. The van der Waals surface area contributed by atoms with Crippen LogP contribution in [-0.4, -0.2) is 28.2 Å². The van der Waals surface area contributed by atoms with Crippen LogP contribution in [-0.2, 0) is 21.5 Å². The summed E-state index contributed by atoms with van der Waals surface area (Å²) in [5, 5.41) is 8.60. The summed E-state index contributed by atoms with van der Waals surface area (Å²) >= 11 is 3.23. The molecule has 0 unspecified atom stereocenters. The van der Waals surface area contributed by atoms with Crippen LogP contribution in [0.5, 0.6) is 0 Å².